The van der Waals surface area contributed by atoms with Gasteiger partial charge in [0.25, 0.3) is 0 Å². The van der Waals surface area contributed by atoms with E-state index in [0.29, 0.717) is 18.6 Å². The van der Waals surface area contributed by atoms with Crippen molar-refractivity contribution in [3.05, 3.63) is 35.4 Å². The second kappa shape index (κ2) is 8.66. The Kier molecular flexibility index (Phi) is 6.87. The highest BCUT2D eigenvalue weighted by Crippen LogP contribution is 2.19. The zero-order valence-electron chi connectivity index (χ0n) is 14.5. The fourth-order valence-corrected chi connectivity index (χ4v) is 3.29. The molecule has 3 nitrogen and oxygen atoms in total. The van der Waals surface area contributed by atoms with E-state index < -0.39 is 0 Å². The number of hydrogen-bond acceptors (Lipinski definition) is 3. The molecular formula is C19H32N2O. The largest absolute Gasteiger partial charge is 0.396 e. The Bertz CT molecular complexity index is 422. The van der Waals surface area contributed by atoms with Gasteiger partial charge in [-0.05, 0) is 56.4 Å². The van der Waals surface area contributed by atoms with Gasteiger partial charge in [0, 0.05) is 25.7 Å². The number of aliphatic hydroxyl groups is 1. The lowest BCUT2D eigenvalue weighted by molar-refractivity contribution is 0.117. The van der Waals surface area contributed by atoms with Gasteiger partial charge >= 0.3 is 0 Å². The van der Waals surface area contributed by atoms with E-state index in [4.69, 9.17) is 5.11 Å². The minimum absolute atomic E-state index is 0.301. The van der Waals surface area contributed by atoms with Crippen molar-refractivity contribution in [2.75, 3.05) is 33.3 Å². The first kappa shape index (κ1) is 17.5. The van der Waals surface area contributed by atoms with Gasteiger partial charge in [-0.1, -0.05) is 38.1 Å². The average Bonchev–Trinajstić information content (AvgIpc) is 2.54. The highest BCUT2D eigenvalue weighted by Gasteiger charge is 2.22. The molecule has 0 bridgehead atoms. The van der Waals surface area contributed by atoms with Crippen LogP contribution in [0.1, 0.15) is 50.2 Å². The first-order valence-electron chi connectivity index (χ1n) is 8.72. The number of likely N-dealkylation sites (tertiary alicyclic amines) is 1. The van der Waals surface area contributed by atoms with Crippen molar-refractivity contribution < 1.29 is 5.11 Å². The van der Waals surface area contributed by atoms with Gasteiger partial charge in [0.1, 0.15) is 0 Å². The minimum Gasteiger partial charge on any atom is -0.396 e. The maximum Gasteiger partial charge on any atom is 0.0443 e. The highest BCUT2D eigenvalue weighted by molar-refractivity contribution is 5.24. The van der Waals surface area contributed by atoms with Crippen molar-refractivity contribution >= 4 is 0 Å². The fourth-order valence-electron chi connectivity index (χ4n) is 3.29. The average molecular weight is 304 g/mol. The molecule has 1 aliphatic rings. The molecule has 0 amide bonds. The summed E-state index contributed by atoms with van der Waals surface area (Å²) >= 11 is 0. The normalized spacial score (nSPS) is 17.5. The zero-order chi connectivity index (χ0) is 15.9. The quantitative estimate of drug-likeness (QED) is 0.838. The smallest absolute Gasteiger partial charge is 0.0443 e. The Morgan fingerprint density at radius 2 is 1.82 bits per heavy atom. The van der Waals surface area contributed by atoms with Crippen LogP contribution in [0.15, 0.2) is 24.3 Å². The summed E-state index contributed by atoms with van der Waals surface area (Å²) in [6.45, 7) is 9.24. The summed E-state index contributed by atoms with van der Waals surface area (Å²) in [6, 6.07) is 9.81. The van der Waals surface area contributed by atoms with Crippen LogP contribution in [0.2, 0.25) is 0 Å². The van der Waals surface area contributed by atoms with Crippen LogP contribution in [0.3, 0.4) is 0 Å². The highest BCUT2D eigenvalue weighted by atomic mass is 16.3. The summed E-state index contributed by atoms with van der Waals surface area (Å²) in [6.07, 6.45) is 3.37. The zero-order valence-corrected chi connectivity index (χ0v) is 14.5. The maximum absolute atomic E-state index is 8.94. The van der Waals surface area contributed by atoms with Crippen LogP contribution in [0.25, 0.3) is 0 Å². The molecule has 1 heterocycles. The van der Waals surface area contributed by atoms with Crippen molar-refractivity contribution in [3.8, 4) is 0 Å². The lowest BCUT2D eigenvalue weighted by atomic mass is 10.0. The van der Waals surface area contributed by atoms with Crippen LogP contribution in [-0.2, 0) is 6.54 Å². The second-order valence-corrected chi connectivity index (χ2v) is 6.96. The number of hydrogen-bond donors (Lipinski definition) is 1. The SMILES string of the molecule is CC(C)c1ccc(CN2CCC(N(C)CCCO)CC2)cc1. The number of benzene rings is 1. The molecule has 0 saturated carbocycles. The van der Waals surface area contributed by atoms with E-state index >= 15 is 0 Å². The van der Waals surface area contributed by atoms with Gasteiger partial charge in [-0.15, -0.1) is 0 Å². The third-order valence-corrected chi connectivity index (χ3v) is 4.90. The summed E-state index contributed by atoms with van der Waals surface area (Å²) < 4.78 is 0. The van der Waals surface area contributed by atoms with Gasteiger partial charge in [0.05, 0.1) is 0 Å². The number of nitrogens with zero attached hydrogens (tertiary/aromatic N) is 2. The summed E-state index contributed by atoms with van der Waals surface area (Å²) in [5.74, 6) is 0.610. The van der Waals surface area contributed by atoms with Gasteiger partial charge in [0.15, 0.2) is 0 Å². The second-order valence-electron chi connectivity index (χ2n) is 6.96. The third-order valence-electron chi connectivity index (χ3n) is 4.90. The summed E-state index contributed by atoms with van der Waals surface area (Å²) in [7, 11) is 2.20. The molecule has 0 radical (unpaired) electrons. The summed E-state index contributed by atoms with van der Waals surface area (Å²) in [5, 5.41) is 8.94. The van der Waals surface area contributed by atoms with Gasteiger partial charge in [0.2, 0.25) is 0 Å². The van der Waals surface area contributed by atoms with E-state index in [0.717, 1.165) is 19.5 Å². The molecule has 0 unspecified atom stereocenters. The molecule has 1 aromatic rings. The van der Waals surface area contributed by atoms with E-state index in [9.17, 15) is 0 Å². The molecule has 1 aromatic carbocycles. The predicted octanol–water partition coefficient (Wildman–Crippen LogP) is 3.09. The van der Waals surface area contributed by atoms with E-state index in [2.05, 4.69) is 55.0 Å². The molecule has 22 heavy (non-hydrogen) atoms. The molecule has 0 aliphatic carbocycles. The van der Waals surface area contributed by atoms with Gasteiger partial charge in [-0.3, -0.25) is 4.90 Å². The van der Waals surface area contributed by atoms with Crippen molar-refractivity contribution in [2.45, 2.75) is 51.6 Å². The van der Waals surface area contributed by atoms with Gasteiger partial charge in [-0.2, -0.15) is 0 Å². The Morgan fingerprint density at radius 1 is 1.18 bits per heavy atom. The Labute approximate surface area is 135 Å². The number of rotatable bonds is 7. The molecule has 0 atom stereocenters. The Hall–Kier alpha value is -0.900. The lowest BCUT2D eigenvalue weighted by Crippen LogP contribution is -2.43. The first-order chi connectivity index (χ1) is 10.6. The molecule has 1 aliphatic heterocycles. The maximum atomic E-state index is 8.94. The summed E-state index contributed by atoms with van der Waals surface area (Å²) in [4.78, 5) is 4.99. The Balaban J connectivity index is 1.77. The van der Waals surface area contributed by atoms with E-state index in [1.807, 2.05) is 0 Å². The molecule has 1 N–H and O–H groups in total. The molecule has 1 fully saturated rings. The lowest BCUT2D eigenvalue weighted by Gasteiger charge is -2.36. The fraction of sp³-hybridized carbons (Fsp3) is 0.684. The monoisotopic (exact) mass is 304 g/mol. The van der Waals surface area contributed by atoms with E-state index in [-0.39, 0.29) is 0 Å². The van der Waals surface area contributed by atoms with Crippen molar-refractivity contribution in [2.24, 2.45) is 0 Å². The molecule has 3 heteroatoms. The number of aliphatic hydroxyl groups excluding tert-OH is 1. The predicted molar refractivity (Wildman–Crippen MR) is 93.2 cm³/mol. The van der Waals surface area contributed by atoms with Crippen LogP contribution in [0, 0.1) is 0 Å². The number of piperidine rings is 1. The standard InChI is InChI=1S/C19H32N2O/c1-16(2)18-7-5-17(6-8-18)15-21-12-9-19(10-13-21)20(3)11-4-14-22/h5-8,16,19,22H,4,9-15H2,1-3H3. The van der Waals surface area contributed by atoms with Crippen LogP contribution in [0.5, 0.6) is 0 Å². The van der Waals surface area contributed by atoms with Crippen LogP contribution in [-0.4, -0.2) is 54.2 Å². The van der Waals surface area contributed by atoms with E-state index in [1.54, 1.807) is 0 Å². The molecule has 2 rings (SSSR count). The van der Waals surface area contributed by atoms with Crippen molar-refractivity contribution in [3.63, 3.8) is 0 Å². The minimum atomic E-state index is 0.301. The molecular weight excluding hydrogens is 272 g/mol. The topological polar surface area (TPSA) is 26.7 Å². The van der Waals surface area contributed by atoms with Crippen LogP contribution >= 0.6 is 0 Å². The van der Waals surface area contributed by atoms with Crippen molar-refractivity contribution in [1.82, 2.24) is 9.80 Å². The van der Waals surface area contributed by atoms with E-state index in [1.165, 1.54) is 37.1 Å². The van der Waals surface area contributed by atoms with Crippen molar-refractivity contribution in [1.29, 1.82) is 0 Å². The molecule has 124 valence electrons. The molecule has 0 aromatic heterocycles. The first-order valence-corrected chi connectivity index (χ1v) is 8.72. The molecule has 1 saturated heterocycles. The molecule has 0 spiro atoms. The Morgan fingerprint density at radius 3 is 2.36 bits per heavy atom. The van der Waals surface area contributed by atoms with Gasteiger partial charge in [-0.25, -0.2) is 0 Å². The summed E-state index contributed by atoms with van der Waals surface area (Å²) in [5.41, 5.74) is 2.85. The van der Waals surface area contributed by atoms with Crippen LogP contribution < -0.4 is 0 Å². The third kappa shape index (κ3) is 5.08. The van der Waals surface area contributed by atoms with Crippen LogP contribution in [0.4, 0.5) is 0 Å². The van der Waals surface area contributed by atoms with Gasteiger partial charge < -0.3 is 10.0 Å².